The molecular formula is C21H20N4OS. The number of amidine groups is 2. The van der Waals surface area contributed by atoms with E-state index in [0.29, 0.717) is 10.7 Å². The van der Waals surface area contributed by atoms with Crippen LogP contribution in [-0.4, -0.2) is 26.4 Å². The Morgan fingerprint density at radius 1 is 1.19 bits per heavy atom. The molecule has 2 aliphatic heterocycles. The molecule has 6 heteroatoms. The van der Waals surface area contributed by atoms with Gasteiger partial charge in [0, 0.05) is 23.6 Å². The molecule has 5 nitrogen and oxygen atoms in total. The van der Waals surface area contributed by atoms with Gasteiger partial charge in [0.1, 0.15) is 5.84 Å². The molecule has 4 rings (SSSR count). The van der Waals surface area contributed by atoms with Crippen LogP contribution in [-0.2, 0) is 11.3 Å². The summed E-state index contributed by atoms with van der Waals surface area (Å²) in [5, 5.41) is 11.0. The average Bonchev–Trinajstić information content (AvgIpc) is 3.14. The van der Waals surface area contributed by atoms with Gasteiger partial charge >= 0.3 is 0 Å². The maximum absolute atomic E-state index is 12.5. The summed E-state index contributed by atoms with van der Waals surface area (Å²) in [5.41, 5.74) is 5.61. The van der Waals surface area contributed by atoms with Crippen LogP contribution in [0.2, 0.25) is 0 Å². The molecule has 1 amide bonds. The number of nitrogens with zero attached hydrogens (tertiary/aromatic N) is 3. The SMILES string of the molecule is CC1=CSC2=NC(=O)C(=Cc3cc(C)n(Cc4ccccc4)c3C)C(=N)N12. The van der Waals surface area contributed by atoms with Crippen LogP contribution in [0, 0.1) is 19.3 Å². The van der Waals surface area contributed by atoms with E-state index in [1.54, 1.807) is 11.0 Å². The number of aromatic nitrogens is 1. The number of hydrogen-bond donors (Lipinski definition) is 1. The molecule has 0 fully saturated rings. The molecule has 2 aliphatic rings. The van der Waals surface area contributed by atoms with Crippen LogP contribution < -0.4 is 0 Å². The summed E-state index contributed by atoms with van der Waals surface area (Å²) in [7, 11) is 0. The van der Waals surface area contributed by atoms with Gasteiger partial charge in [0.05, 0.1) is 5.57 Å². The molecule has 136 valence electrons. The Hall–Kier alpha value is -2.86. The molecule has 0 aliphatic carbocycles. The van der Waals surface area contributed by atoms with Gasteiger partial charge in [-0.1, -0.05) is 42.1 Å². The normalized spacial score (nSPS) is 18.0. The van der Waals surface area contributed by atoms with E-state index < -0.39 is 0 Å². The predicted octanol–water partition coefficient (Wildman–Crippen LogP) is 4.32. The number of carbonyl (C=O) groups excluding carboxylic acids is 1. The van der Waals surface area contributed by atoms with Gasteiger partial charge in [-0.3, -0.25) is 15.1 Å². The van der Waals surface area contributed by atoms with Crippen molar-refractivity contribution in [2.24, 2.45) is 4.99 Å². The molecule has 1 aromatic carbocycles. The number of fused-ring (bicyclic) bond motifs is 1. The number of carbonyl (C=O) groups is 1. The Balaban J connectivity index is 1.70. The molecule has 0 spiro atoms. The summed E-state index contributed by atoms with van der Waals surface area (Å²) in [6, 6.07) is 12.4. The zero-order valence-corrected chi connectivity index (χ0v) is 16.3. The van der Waals surface area contributed by atoms with Crippen molar-refractivity contribution < 1.29 is 4.79 Å². The highest BCUT2D eigenvalue weighted by molar-refractivity contribution is 8.16. The van der Waals surface area contributed by atoms with E-state index in [9.17, 15) is 4.79 Å². The van der Waals surface area contributed by atoms with Gasteiger partial charge in [-0.25, -0.2) is 0 Å². The van der Waals surface area contributed by atoms with Crippen molar-refractivity contribution in [1.82, 2.24) is 9.47 Å². The number of amides is 1. The van der Waals surface area contributed by atoms with Crippen molar-refractivity contribution in [2.75, 3.05) is 0 Å². The Morgan fingerprint density at radius 3 is 2.67 bits per heavy atom. The maximum Gasteiger partial charge on any atom is 0.283 e. The molecule has 1 aromatic heterocycles. The van der Waals surface area contributed by atoms with Crippen LogP contribution >= 0.6 is 11.8 Å². The van der Waals surface area contributed by atoms with Crippen molar-refractivity contribution in [2.45, 2.75) is 27.3 Å². The number of allylic oxidation sites excluding steroid dienone is 1. The third-order valence-electron chi connectivity index (χ3n) is 4.88. The number of aliphatic imine (C=N–C) groups is 1. The van der Waals surface area contributed by atoms with Crippen LogP contribution in [0.25, 0.3) is 6.08 Å². The number of rotatable bonds is 3. The third kappa shape index (κ3) is 3.06. The summed E-state index contributed by atoms with van der Waals surface area (Å²) in [6.07, 6.45) is 1.80. The first-order chi connectivity index (χ1) is 13.0. The van der Waals surface area contributed by atoms with Crippen LogP contribution in [0.4, 0.5) is 0 Å². The molecule has 0 bridgehead atoms. The van der Waals surface area contributed by atoms with E-state index in [2.05, 4.69) is 34.7 Å². The van der Waals surface area contributed by atoms with Crippen molar-refractivity contribution in [3.8, 4) is 0 Å². The quantitative estimate of drug-likeness (QED) is 0.812. The Labute approximate surface area is 162 Å². The summed E-state index contributed by atoms with van der Waals surface area (Å²) >= 11 is 1.38. The van der Waals surface area contributed by atoms with Crippen LogP contribution in [0.5, 0.6) is 0 Å². The molecule has 0 radical (unpaired) electrons. The number of hydrogen-bond acceptors (Lipinski definition) is 3. The molecule has 0 saturated heterocycles. The fourth-order valence-corrected chi connectivity index (χ4v) is 4.24. The second kappa shape index (κ2) is 6.70. The van der Waals surface area contributed by atoms with E-state index in [0.717, 1.165) is 29.2 Å². The van der Waals surface area contributed by atoms with Crippen molar-refractivity contribution in [1.29, 1.82) is 5.41 Å². The smallest absolute Gasteiger partial charge is 0.283 e. The van der Waals surface area contributed by atoms with Gasteiger partial charge in [-0.05, 0) is 49.4 Å². The van der Waals surface area contributed by atoms with Gasteiger partial charge in [0.2, 0.25) is 0 Å². The fraction of sp³-hybridized carbons (Fsp3) is 0.190. The lowest BCUT2D eigenvalue weighted by atomic mass is 10.1. The highest BCUT2D eigenvalue weighted by Gasteiger charge is 2.34. The first-order valence-electron chi connectivity index (χ1n) is 8.73. The Kier molecular flexibility index (Phi) is 4.36. The predicted molar refractivity (Wildman–Crippen MR) is 111 cm³/mol. The zero-order valence-electron chi connectivity index (χ0n) is 15.5. The lowest BCUT2D eigenvalue weighted by Gasteiger charge is -2.25. The lowest BCUT2D eigenvalue weighted by molar-refractivity contribution is -0.114. The number of nitrogens with one attached hydrogen (secondary N) is 1. The minimum Gasteiger partial charge on any atom is -0.344 e. The highest BCUT2D eigenvalue weighted by atomic mass is 32.2. The Morgan fingerprint density at radius 2 is 1.93 bits per heavy atom. The zero-order chi connectivity index (χ0) is 19.1. The number of benzene rings is 1. The van der Waals surface area contributed by atoms with Gasteiger partial charge in [0.25, 0.3) is 5.91 Å². The van der Waals surface area contributed by atoms with Gasteiger partial charge in [-0.15, -0.1) is 0 Å². The van der Waals surface area contributed by atoms with Crippen molar-refractivity contribution in [3.63, 3.8) is 0 Å². The molecule has 27 heavy (non-hydrogen) atoms. The monoisotopic (exact) mass is 376 g/mol. The molecule has 0 saturated carbocycles. The summed E-state index contributed by atoms with van der Waals surface area (Å²) in [6.45, 7) is 6.81. The molecule has 0 unspecified atom stereocenters. The molecule has 1 N–H and O–H groups in total. The topological polar surface area (TPSA) is 61.5 Å². The largest absolute Gasteiger partial charge is 0.344 e. The lowest BCUT2D eigenvalue weighted by Crippen LogP contribution is -2.37. The highest BCUT2D eigenvalue weighted by Crippen LogP contribution is 2.32. The first-order valence-corrected chi connectivity index (χ1v) is 9.61. The van der Waals surface area contributed by atoms with Crippen molar-refractivity contribution in [3.05, 3.63) is 75.6 Å². The van der Waals surface area contributed by atoms with Gasteiger partial charge in [-0.2, -0.15) is 4.99 Å². The standard InChI is InChI=1S/C21H20N4OS/c1-13-9-17(15(3)24(13)11-16-7-5-4-6-8-16)10-18-19(22)25-14(2)12-27-21(25)23-20(18)26/h4-10,12,22H,11H2,1-3H3. The number of aryl methyl sites for hydroxylation is 1. The molecule has 3 heterocycles. The summed E-state index contributed by atoms with van der Waals surface area (Å²) in [5.74, 6) is -0.161. The first kappa shape index (κ1) is 17.5. The van der Waals surface area contributed by atoms with Crippen LogP contribution in [0.15, 0.2) is 58.1 Å². The van der Waals surface area contributed by atoms with E-state index in [4.69, 9.17) is 5.41 Å². The maximum atomic E-state index is 12.5. The molecular weight excluding hydrogens is 356 g/mol. The second-order valence-corrected chi connectivity index (χ2v) is 7.55. The molecule has 2 aromatic rings. The van der Waals surface area contributed by atoms with Crippen molar-refractivity contribution >= 4 is 34.7 Å². The van der Waals surface area contributed by atoms with Crippen LogP contribution in [0.1, 0.15) is 29.4 Å². The van der Waals surface area contributed by atoms with Gasteiger partial charge < -0.3 is 4.57 Å². The van der Waals surface area contributed by atoms with E-state index in [-0.39, 0.29) is 11.7 Å². The van der Waals surface area contributed by atoms with E-state index >= 15 is 0 Å². The number of thioether (sulfide) groups is 1. The van der Waals surface area contributed by atoms with Gasteiger partial charge in [0.15, 0.2) is 5.17 Å². The summed E-state index contributed by atoms with van der Waals surface area (Å²) in [4.78, 5) is 18.4. The average molecular weight is 376 g/mol. The van der Waals surface area contributed by atoms with E-state index in [1.807, 2.05) is 37.5 Å². The van der Waals surface area contributed by atoms with Crippen LogP contribution in [0.3, 0.4) is 0 Å². The second-order valence-electron chi connectivity index (χ2n) is 6.72. The Bertz CT molecular complexity index is 1040. The van der Waals surface area contributed by atoms with E-state index in [1.165, 1.54) is 17.3 Å². The fourth-order valence-electron chi connectivity index (χ4n) is 3.38. The third-order valence-corrected chi connectivity index (χ3v) is 5.82. The minimum absolute atomic E-state index is 0.191. The summed E-state index contributed by atoms with van der Waals surface area (Å²) < 4.78 is 2.23. The molecule has 0 atom stereocenters. The minimum atomic E-state index is -0.352.